The molecule has 0 radical (unpaired) electrons. The van der Waals surface area contributed by atoms with Crippen molar-refractivity contribution in [1.29, 1.82) is 0 Å². The molecule has 1 heterocycles. The first-order valence-electron chi connectivity index (χ1n) is 19.2. The van der Waals surface area contributed by atoms with Gasteiger partial charge in [-0.15, -0.1) is 11.3 Å². The van der Waals surface area contributed by atoms with Gasteiger partial charge in [-0.3, -0.25) is 0 Å². The van der Waals surface area contributed by atoms with Gasteiger partial charge < -0.3 is 4.90 Å². The maximum Gasteiger partial charge on any atom is 0.0554 e. The molecule has 0 aliphatic rings. The topological polar surface area (TPSA) is 3.24 Å². The van der Waals surface area contributed by atoms with Crippen LogP contribution in [0.5, 0.6) is 0 Å². The average Bonchev–Trinajstić information content (AvgIpc) is 3.66. The highest BCUT2D eigenvalue weighted by atomic mass is 32.1. The highest BCUT2D eigenvalue weighted by Crippen LogP contribution is 2.48. The molecule has 0 amide bonds. The second-order valence-electron chi connectivity index (χ2n) is 14.4. The van der Waals surface area contributed by atoms with E-state index in [9.17, 15) is 0 Å². The molecule has 2 heteroatoms. The minimum Gasteiger partial charge on any atom is -0.310 e. The van der Waals surface area contributed by atoms with Gasteiger partial charge in [0.15, 0.2) is 0 Å². The van der Waals surface area contributed by atoms with E-state index in [2.05, 4.69) is 217 Å². The van der Waals surface area contributed by atoms with Gasteiger partial charge >= 0.3 is 0 Å². The van der Waals surface area contributed by atoms with Gasteiger partial charge in [-0.05, 0) is 108 Å². The lowest BCUT2D eigenvalue weighted by Gasteiger charge is -2.28. The van der Waals surface area contributed by atoms with Crippen molar-refractivity contribution in [2.45, 2.75) is 0 Å². The zero-order valence-electron chi connectivity index (χ0n) is 30.6. The van der Waals surface area contributed by atoms with E-state index in [0.717, 1.165) is 11.4 Å². The van der Waals surface area contributed by atoms with Crippen LogP contribution in [0, 0.1) is 0 Å². The van der Waals surface area contributed by atoms with Crippen LogP contribution < -0.4 is 4.90 Å². The third kappa shape index (κ3) is 5.30. The fraction of sp³-hybridized carbons (Fsp3) is 0. The lowest BCUT2D eigenvalue weighted by Crippen LogP contribution is -2.10. The molecule has 0 atom stereocenters. The maximum atomic E-state index is 2.46. The molecule has 11 aromatic rings. The minimum absolute atomic E-state index is 1.11. The largest absolute Gasteiger partial charge is 0.310 e. The first kappa shape index (κ1) is 32.4. The summed E-state index contributed by atoms with van der Waals surface area (Å²) in [7, 11) is 0. The van der Waals surface area contributed by atoms with Gasteiger partial charge in [-0.1, -0.05) is 170 Å². The van der Waals surface area contributed by atoms with E-state index in [1.807, 2.05) is 11.3 Å². The van der Waals surface area contributed by atoms with E-state index in [1.54, 1.807) is 0 Å². The predicted octanol–water partition coefficient (Wildman–Crippen LogP) is 16.0. The summed E-state index contributed by atoms with van der Waals surface area (Å²) in [5.74, 6) is 0. The van der Waals surface area contributed by atoms with E-state index < -0.39 is 0 Å². The van der Waals surface area contributed by atoms with Crippen molar-refractivity contribution >= 4 is 80.9 Å². The SMILES string of the molecule is c1ccc(-c2c(-c3cccc(N(c4ccc(-c5cccc6ccccc56)cc4)c4cccc5sc6ccccc6c45)c3)c3ccccc3c3ccccc23)cc1. The monoisotopic (exact) mass is 729 g/mol. The lowest BCUT2D eigenvalue weighted by atomic mass is 9.85. The van der Waals surface area contributed by atoms with Crippen molar-refractivity contribution in [3.8, 4) is 33.4 Å². The van der Waals surface area contributed by atoms with Gasteiger partial charge in [-0.2, -0.15) is 0 Å². The van der Waals surface area contributed by atoms with Crippen LogP contribution >= 0.6 is 11.3 Å². The van der Waals surface area contributed by atoms with Crippen LogP contribution in [0.25, 0.3) is 85.9 Å². The number of rotatable bonds is 6. The molecular formula is C54H35NS. The molecule has 0 unspecified atom stereocenters. The summed E-state index contributed by atoms with van der Waals surface area (Å²) >= 11 is 1.86. The molecule has 10 aromatic carbocycles. The van der Waals surface area contributed by atoms with Crippen molar-refractivity contribution in [2.24, 2.45) is 0 Å². The Kier molecular flexibility index (Phi) is 7.75. The van der Waals surface area contributed by atoms with Crippen LogP contribution in [0.4, 0.5) is 17.1 Å². The van der Waals surface area contributed by atoms with Crippen molar-refractivity contribution in [1.82, 2.24) is 0 Å². The Morgan fingerprint density at radius 3 is 1.64 bits per heavy atom. The number of hydrogen-bond acceptors (Lipinski definition) is 2. The van der Waals surface area contributed by atoms with Crippen LogP contribution in [0.15, 0.2) is 212 Å². The fourth-order valence-corrected chi connectivity index (χ4v) is 9.91. The predicted molar refractivity (Wildman–Crippen MR) is 243 cm³/mol. The molecule has 262 valence electrons. The van der Waals surface area contributed by atoms with Crippen LogP contribution in [0.1, 0.15) is 0 Å². The highest BCUT2D eigenvalue weighted by Gasteiger charge is 2.22. The zero-order valence-corrected chi connectivity index (χ0v) is 31.4. The van der Waals surface area contributed by atoms with E-state index >= 15 is 0 Å². The first-order valence-corrected chi connectivity index (χ1v) is 20.0. The number of nitrogens with zero attached hydrogens (tertiary/aromatic N) is 1. The van der Waals surface area contributed by atoms with Crippen LogP contribution in [-0.4, -0.2) is 0 Å². The number of anilines is 3. The summed E-state index contributed by atoms with van der Waals surface area (Å²) in [5, 5.41) is 10.1. The number of thiophene rings is 1. The van der Waals surface area contributed by atoms with E-state index in [1.165, 1.54) is 91.6 Å². The Morgan fingerprint density at radius 1 is 0.321 bits per heavy atom. The van der Waals surface area contributed by atoms with Crippen LogP contribution in [-0.2, 0) is 0 Å². The third-order valence-corrected chi connectivity index (χ3v) is 12.4. The second kappa shape index (κ2) is 13.4. The minimum atomic E-state index is 1.11. The van der Waals surface area contributed by atoms with Gasteiger partial charge in [0.2, 0.25) is 0 Å². The Morgan fingerprint density at radius 2 is 0.875 bits per heavy atom. The molecule has 0 spiro atoms. The van der Waals surface area contributed by atoms with Gasteiger partial charge in [0.25, 0.3) is 0 Å². The number of hydrogen-bond donors (Lipinski definition) is 0. The van der Waals surface area contributed by atoms with E-state index in [4.69, 9.17) is 0 Å². The average molecular weight is 730 g/mol. The fourth-order valence-electron chi connectivity index (χ4n) is 8.78. The molecule has 11 rings (SSSR count). The quantitative estimate of drug-likeness (QED) is 0.154. The molecule has 0 saturated carbocycles. The molecule has 56 heavy (non-hydrogen) atoms. The Labute approximate surface area is 330 Å². The summed E-state index contributed by atoms with van der Waals surface area (Å²) in [4.78, 5) is 2.46. The first-order chi connectivity index (χ1) is 27.8. The van der Waals surface area contributed by atoms with Crippen molar-refractivity contribution in [3.05, 3.63) is 212 Å². The number of benzene rings is 10. The maximum absolute atomic E-state index is 2.46. The van der Waals surface area contributed by atoms with Crippen molar-refractivity contribution in [3.63, 3.8) is 0 Å². The zero-order chi connectivity index (χ0) is 37.0. The molecule has 0 fully saturated rings. The molecule has 1 aromatic heterocycles. The normalized spacial score (nSPS) is 11.6. The van der Waals surface area contributed by atoms with E-state index in [0.29, 0.717) is 0 Å². The summed E-state index contributed by atoms with van der Waals surface area (Å²) in [5.41, 5.74) is 10.7. The van der Waals surface area contributed by atoms with Crippen molar-refractivity contribution < 1.29 is 0 Å². The molecular weight excluding hydrogens is 695 g/mol. The van der Waals surface area contributed by atoms with E-state index in [-0.39, 0.29) is 0 Å². The number of fused-ring (bicyclic) bond motifs is 7. The lowest BCUT2D eigenvalue weighted by molar-refractivity contribution is 1.30. The van der Waals surface area contributed by atoms with Gasteiger partial charge in [0, 0.05) is 31.5 Å². The summed E-state index contributed by atoms with van der Waals surface area (Å²) in [6.45, 7) is 0. The summed E-state index contributed by atoms with van der Waals surface area (Å²) in [6, 6.07) is 77.8. The Hall–Kier alpha value is -7.00. The Balaban J connectivity index is 1.16. The van der Waals surface area contributed by atoms with Crippen LogP contribution in [0.2, 0.25) is 0 Å². The molecule has 0 bridgehead atoms. The highest BCUT2D eigenvalue weighted by molar-refractivity contribution is 7.26. The van der Waals surface area contributed by atoms with Gasteiger partial charge in [0.1, 0.15) is 0 Å². The smallest absolute Gasteiger partial charge is 0.0554 e. The van der Waals surface area contributed by atoms with Crippen LogP contribution in [0.3, 0.4) is 0 Å². The molecule has 0 saturated heterocycles. The standard InChI is InChI=1S/C54H35NS/c1-2-16-38(17-3-1)52-46-24-8-6-22-44(46)45-23-7-9-25-47(45)53(52)39-19-12-20-41(35-39)55(49-28-14-30-51-54(49)48-26-10-11-29-50(48)56-51)40-33-31-37(32-34-40)43-27-13-18-36-15-4-5-21-42(36)43/h1-35H. The second-order valence-corrected chi connectivity index (χ2v) is 15.5. The molecule has 0 N–H and O–H groups in total. The van der Waals surface area contributed by atoms with Gasteiger partial charge in [-0.25, -0.2) is 0 Å². The van der Waals surface area contributed by atoms with Crippen molar-refractivity contribution in [2.75, 3.05) is 4.90 Å². The molecule has 0 aliphatic carbocycles. The summed E-state index contributed by atoms with van der Waals surface area (Å²) < 4.78 is 2.58. The van der Waals surface area contributed by atoms with Gasteiger partial charge in [0.05, 0.1) is 5.69 Å². The Bertz CT molecular complexity index is 3240. The third-order valence-electron chi connectivity index (χ3n) is 11.2. The molecule has 1 nitrogen and oxygen atoms in total. The summed E-state index contributed by atoms with van der Waals surface area (Å²) in [6.07, 6.45) is 0. The molecule has 0 aliphatic heterocycles.